The molecule has 9 heteroatoms. The Kier molecular flexibility index (Phi) is 3.94. The number of aromatic nitrogens is 3. The fourth-order valence-corrected chi connectivity index (χ4v) is 4.80. The summed E-state index contributed by atoms with van der Waals surface area (Å²) in [5, 5.41) is 0.581. The van der Waals surface area contributed by atoms with E-state index in [4.69, 9.17) is 11.6 Å². The predicted octanol–water partition coefficient (Wildman–Crippen LogP) is 2.79. The van der Waals surface area contributed by atoms with E-state index in [1.54, 1.807) is 37.5 Å². The first kappa shape index (κ1) is 15.4. The van der Waals surface area contributed by atoms with E-state index in [9.17, 15) is 8.42 Å². The van der Waals surface area contributed by atoms with Crippen molar-refractivity contribution in [2.75, 3.05) is 0 Å². The molecule has 0 radical (unpaired) electrons. The Morgan fingerprint density at radius 1 is 1.41 bits per heavy atom. The molecule has 0 bridgehead atoms. The number of rotatable bonds is 4. The first-order valence-corrected chi connectivity index (χ1v) is 9.13. The minimum atomic E-state index is -3.83. The van der Waals surface area contributed by atoms with Crippen LogP contribution < -0.4 is 4.72 Å². The second-order valence-corrected chi connectivity index (χ2v) is 8.04. The minimum Gasteiger partial charge on any atom is -0.288 e. The van der Waals surface area contributed by atoms with E-state index in [0.29, 0.717) is 10.7 Å². The number of aryl methyl sites for hydroxylation is 1. The Balaban J connectivity index is 2.00. The van der Waals surface area contributed by atoms with Gasteiger partial charge >= 0.3 is 0 Å². The molecule has 1 atom stereocenters. The number of fused-ring (bicyclic) bond motifs is 1. The SMILES string of the molecule is Cc1cnc([C@@H](C)NS(=O)(=O)c2c(Cl)nc3ccccn23)s1. The van der Waals surface area contributed by atoms with Crippen LogP contribution in [0.1, 0.15) is 22.9 Å². The van der Waals surface area contributed by atoms with Gasteiger partial charge in [0.1, 0.15) is 10.7 Å². The molecule has 0 saturated heterocycles. The fourth-order valence-electron chi connectivity index (χ4n) is 2.10. The van der Waals surface area contributed by atoms with Gasteiger partial charge in [-0.15, -0.1) is 11.3 Å². The van der Waals surface area contributed by atoms with Crippen LogP contribution in [0.5, 0.6) is 0 Å². The first-order valence-electron chi connectivity index (χ1n) is 6.46. The van der Waals surface area contributed by atoms with Crippen LogP contribution in [0.4, 0.5) is 0 Å². The summed E-state index contributed by atoms with van der Waals surface area (Å²) in [6.07, 6.45) is 3.33. The molecular formula is C13H13ClN4O2S2. The standard InChI is InChI=1S/C13H13ClN4O2S2/c1-8-7-15-12(21-8)9(2)17-22(19,20)13-11(14)16-10-5-3-4-6-18(10)13/h3-7,9,17H,1-2H3/t9-/m1/s1. The maximum atomic E-state index is 12.6. The van der Waals surface area contributed by atoms with Gasteiger partial charge in [-0.1, -0.05) is 17.7 Å². The zero-order chi connectivity index (χ0) is 15.9. The maximum absolute atomic E-state index is 12.6. The number of hydrogen-bond donors (Lipinski definition) is 1. The molecule has 0 aliphatic rings. The second kappa shape index (κ2) is 5.62. The predicted molar refractivity (Wildman–Crippen MR) is 85.8 cm³/mol. The number of hydrogen-bond acceptors (Lipinski definition) is 5. The molecule has 0 spiro atoms. The van der Waals surface area contributed by atoms with Crippen molar-refractivity contribution in [2.45, 2.75) is 24.9 Å². The van der Waals surface area contributed by atoms with E-state index in [-0.39, 0.29) is 10.2 Å². The highest BCUT2D eigenvalue weighted by atomic mass is 35.5. The summed E-state index contributed by atoms with van der Waals surface area (Å²) in [6, 6.07) is 4.73. The molecule has 6 nitrogen and oxygen atoms in total. The Bertz CT molecular complexity index is 933. The molecule has 3 aromatic rings. The van der Waals surface area contributed by atoms with Crippen molar-refractivity contribution in [1.82, 2.24) is 19.1 Å². The Morgan fingerprint density at radius 3 is 2.86 bits per heavy atom. The average Bonchev–Trinajstić information content (AvgIpc) is 3.00. The van der Waals surface area contributed by atoms with Crippen molar-refractivity contribution in [3.8, 4) is 0 Å². The summed E-state index contributed by atoms with van der Waals surface area (Å²) >= 11 is 7.47. The molecule has 22 heavy (non-hydrogen) atoms. The Hall–Kier alpha value is -1.48. The maximum Gasteiger partial charge on any atom is 0.260 e. The summed E-state index contributed by atoms with van der Waals surface area (Å²) in [5.74, 6) is 0. The van der Waals surface area contributed by atoms with Crippen molar-refractivity contribution in [1.29, 1.82) is 0 Å². The topological polar surface area (TPSA) is 76.4 Å². The van der Waals surface area contributed by atoms with Gasteiger partial charge in [-0.25, -0.2) is 23.1 Å². The second-order valence-electron chi connectivity index (χ2n) is 4.79. The van der Waals surface area contributed by atoms with Crippen LogP contribution in [0.3, 0.4) is 0 Å². The first-order chi connectivity index (χ1) is 10.4. The molecule has 3 rings (SSSR count). The smallest absolute Gasteiger partial charge is 0.260 e. The molecule has 0 aromatic carbocycles. The third-order valence-corrected chi connectivity index (χ3v) is 6.08. The zero-order valence-electron chi connectivity index (χ0n) is 11.8. The number of nitrogens with one attached hydrogen (secondary N) is 1. The van der Waals surface area contributed by atoms with Crippen LogP contribution in [0, 0.1) is 6.92 Å². The van der Waals surface area contributed by atoms with Crippen LogP contribution in [0.2, 0.25) is 5.15 Å². The number of nitrogens with zero attached hydrogens (tertiary/aromatic N) is 3. The van der Waals surface area contributed by atoms with Gasteiger partial charge in [0.05, 0.1) is 6.04 Å². The van der Waals surface area contributed by atoms with Crippen molar-refractivity contribution in [3.63, 3.8) is 0 Å². The van der Waals surface area contributed by atoms with Crippen LogP contribution in [-0.4, -0.2) is 22.8 Å². The highest BCUT2D eigenvalue weighted by Gasteiger charge is 2.27. The van der Waals surface area contributed by atoms with Gasteiger partial charge in [0.2, 0.25) is 0 Å². The number of halogens is 1. The molecule has 116 valence electrons. The van der Waals surface area contributed by atoms with Gasteiger partial charge in [0, 0.05) is 17.3 Å². The molecule has 3 heterocycles. The third kappa shape index (κ3) is 2.74. The van der Waals surface area contributed by atoms with Gasteiger partial charge in [0.15, 0.2) is 10.2 Å². The molecule has 0 amide bonds. The normalized spacial score (nSPS) is 13.6. The van der Waals surface area contributed by atoms with Gasteiger partial charge < -0.3 is 0 Å². The largest absolute Gasteiger partial charge is 0.288 e. The molecule has 0 unspecified atom stereocenters. The van der Waals surface area contributed by atoms with E-state index in [1.807, 2.05) is 6.92 Å². The summed E-state index contributed by atoms with van der Waals surface area (Å²) in [4.78, 5) is 9.28. The lowest BCUT2D eigenvalue weighted by molar-refractivity contribution is 0.561. The monoisotopic (exact) mass is 356 g/mol. The van der Waals surface area contributed by atoms with E-state index < -0.39 is 16.1 Å². The molecular weight excluding hydrogens is 344 g/mol. The number of imidazole rings is 1. The lowest BCUT2D eigenvalue weighted by Gasteiger charge is -2.11. The summed E-state index contributed by atoms with van der Waals surface area (Å²) in [7, 11) is -3.83. The van der Waals surface area contributed by atoms with Crippen LogP contribution in [0.15, 0.2) is 35.6 Å². The Labute approximate surface area is 136 Å². The molecule has 0 saturated carbocycles. The summed E-state index contributed by atoms with van der Waals surface area (Å²) in [6.45, 7) is 3.66. The molecule has 3 aromatic heterocycles. The van der Waals surface area contributed by atoms with Gasteiger partial charge in [0.25, 0.3) is 10.0 Å². The van der Waals surface area contributed by atoms with Crippen LogP contribution in [0.25, 0.3) is 5.65 Å². The van der Waals surface area contributed by atoms with Gasteiger partial charge in [-0.2, -0.15) is 0 Å². The zero-order valence-corrected chi connectivity index (χ0v) is 14.2. The van der Waals surface area contributed by atoms with Crippen molar-refractivity contribution >= 4 is 38.6 Å². The van der Waals surface area contributed by atoms with Crippen molar-refractivity contribution in [3.05, 3.63) is 45.6 Å². The summed E-state index contributed by atoms with van der Waals surface area (Å²) < 4.78 is 29.3. The van der Waals surface area contributed by atoms with Gasteiger partial charge in [-0.05, 0) is 26.0 Å². The molecule has 1 N–H and O–H groups in total. The van der Waals surface area contributed by atoms with E-state index in [0.717, 1.165) is 4.88 Å². The van der Waals surface area contributed by atoms with E-state index in [2.05, 4.69) is 14.7 Å². The summed E-state index contributed by atoms with van der Waals surface area (Å²) in [5.41, 5.74) is 0.477. The Morgan fingerprint density at radius 2 is 2.18 bits per heavy atom. The minimum absolute atomic E-state index is 0.0544. The molecule has 0 aliphatic carbocycles. The van der Waals surface area contributed by atoms with Crippen LogP contribution >= 0.6 is 22.9 Å². The highest BCUT2D eigenvalue weighted by Crippen LogP contribution is 2.25. The molecule has 0 fully saturated rings. The number of sulfonamides is 1. The quantitative estimate of drug-likeness (QED) is 0.779. The van der Waals surface area contributed by atoms with Crippen molar-refractivity contribution < 1.29 is 8.42 Å². The fraction of sp³-hybridized carbons (Fsp3) is 0.231. The van der Waals surface area contributed by atoms with E-state index in [1.165, 1.54) is 15.7 Å². The third-order valence-electron chi connectivity index (χ3n) is 3.04. The average molecular weight is 357 g/mol. The lowest BCUT2D eigenvalue weighted by atomic mass is 10.4. The van der Waals surface area contributed by atoms with Gasteiger partial charge in [-0.3, -0.25) is 4.40 Å². The lowest BCUT2D eigenvalue weighted by Crippen LogP contribution is -2.28. The number of thiazole rings is 1. The van der Waals surface area contributed by atoms with Crippen molar-refractivity contribution in [2.24, 2.45) is 0 Å². The van der Waals surface area contributed by atoms with Crippen LogP contribution in [-0.2, 0) is 10.0 Å². The van der Waals surface area contributed by atoms with E-state index >= 15 is 0 Å². The molecule has 0 aliphatic heterocycles. The highest BCUT2D eigenvalue weighted by molar-refractivity contribution is 7.89. The number of pyridine rings is 1.